The second kappa shape index (κ2) is 13.0. The van der Waals surface area contributed by atoms with Crippen molar-refractivity contribution < 1.29 is 38.5 Å². The van der Waals surface area contributed by atoms with Gasteiger partial charge in [-0.15, -0.1) is 0 Å². The van der Waals surface area contributed by atoms with Crippen LogP contribution in [0, 0.1) is 11.6 Å². The van der Waals surface area contributed by atoms with Crippen LogP contribution < -0.4 is 0 Å². The van der Waals surface area contributed by atoms with Crippen LogP contribution >= 0.6 is 0 Å². The number of phenolic OH excluding ortho intramolecular Hbond substituents is 2. The monoisotopic (exact) mass is 692 g/mol. The first-order valence-electron chi connectivity index (χ1n) is 15.4. The van der Waals surface area contributed by atoms with Gasteiger partial charge in [0.2, 0.25) is 0 Å². The second-order valence-corrected chi connectivity index (χ2v) is 11.6. The number of phenols is 2. The summed E-state index contributed by atoms with van der Waals surface area (Å²) in [6.07, 6.45) is 3.00. The van der Waals surface area contributed by atoms with Gasteiger partial charge in [-0.3, -0.25) is 9.98 Å². The molecule has 0 heterocycles. The molecule has 2 N–H and O–H groups in total. The van der Waals surface area contributed by atoms with Crippen LogP contribution in [-0.4, -0.2) is 22.6 Å². The van der Waals surface area contributed by atoms with Crippen molar-refractivity contribution in [3.8, 4) is 22.6 Å². The van der Waals surface area contributed by atoms with Gasteiger partial charge in [-0.25, -0.2) is 8.78 Å². The van der Waals surface area contributed by atoms with Crippen LogP contribution in [0.3, 0.4) is 0 Å². The van der Waals surface area contributed by atoms with E-state index in [1.54, 1.807) is 36.4 Å². The Kier molecular flexibility index (Phi) is 8.45. The number of nitrogens with zero attached hydrogens (tertiary/aromatic N) is 2. The quantitative estimate of drug-likeness (QED) is 0.139. The molecule has 7 heteroatoms. The summed E-state index contributed by atoms with van der Waals surface area (Å²) < 4.78 is 30.2. The fraction of sp³-hybridized carbons (Fsp3) is 0. The standard InChI is InChI=1S/C42H26F2N2O2.Zn/c43-33-13-5-9-27-17-21-37(47)31(39(27)33)23-45-35-19-15-25-7-1-3-11-29(25)41(35)42-30-12-4-2-8-26(30)16-20-36(42)46-24-32-38(48)22-18-28-10-6-14-34(44)40(28)32;/h1-24,47-48H;. The van der Waals surface area contributed by atoms with Gasteiger partial charge in [-0.05, 0) is 68.7 Å². The Morgan fingerprint density at radius 1 is 0.429 bits per heavy atom. The molecular formula is C42H26F2N2O2Zn. The number of aliphatic imine (C=N–C) groups is 2. The second-order valence-electron chi connectivity index (χ2n) is 11.6. The first-order chi connectivity index (χ1) is 23.5. The van der Waals surface area contributed by atoms with E-state index in [2.05, 4.69) is 0 Å². The Balaban J connectivity index is 0.00000378. The smallest absolute Gasteiger partial charge is 0.131 e. The molecule has 8 aromatic rings. The predicted molar refractivity (Wildman–Crippen MR) is 193 cm³/mol. The molecule has 8 rings (SSSR count). The molecule has 0 unspecified atom stereocenters. The van der Waals surface area contributed by atoms with E-state index >= 15 is 8.78 Å². The summed E-state index contributed by atoms with van der Waals surface area (Å²) in [6, 6.07) is 39.6. The number of aromatic hydroxyl groups is 2. The maximum atomic E-state index is 15.1. The molecular weight excluding hydrogens is 668 g/mol. The normalized spacial score (nSPS) is 11.7. The number of hydrogen-bond donors (Lipinski definition) is 2. The minimum atomic E-state index is -0.456. The van der Waals surface area contributed by atoms with Crippen LogP contribution in [-0.2, 0) is 19.5 Å². The molecule has 0 atom stereocenters. The molecule has 0 amide bonds. The van der Waals surface area contributed by atoms with E-state index in [9.17, 15) is 10.2 Å². The van der Waals surface area contributed by atoms with Crippen LogP contribution in [0.5, 0.6) is 11.5 Å². The van der Waals surface area contributed by atoms with Crippen molar-refractivity contribution in [3.05, 3.63) is 156 Å². The molecule has 0 saturated heterocycles. The van der Waals surface area contributed by atoms with Crippen molar-refractivity contribution >= 4 is 66.9 Å². The van der Waals surface area contributed by atoms with E-state index in [1.807, 2.05) is 72.8 Å². The van der Waals surface area contributed by atoms with E-state index in [0.717, 1.165) is 32.7 Å². The summed E-state index contributed by atoms with van der Waals surface area (Å²) >= 11 is 0. The average Bonchev–Trinajstić information content (AvgIpc) is 3.11. The summed E-state index contributed by atoms with van der Waals surface area (Å²) in [7, 11) is 0. The van der Waals surface area contributed by atoms with Crippen LogP contribution in [0.1, 0.15) is 11.1 Å². The number of hydrogen-bond acceptors (Lipinski definition) is 4. The Morgan fingerprint density at radius 2 is 0.816 bits per heavy atom. The SMILES string of the molecule is Oc1ccc2cccc(F)c2c1C=Nc1ccc2ccccc2c1-c1c(N=Cc2c(O)ccc3cccc(F)c23)ccc2ccccc12.[Zn]. The molecule has 0 aliphatic rings. The zero-order valence-corrected chi connectivity index (χ0v) is 29.1. The summed E-state index contributed by atoms with van der Waals surface area (Å²) in [4.78, 5) is 9.79. The van der Waals surface area contributed by atoms with Gasteiger partial charge in [0.1, 0.15) is 23.1 Å². The van der Waals surface area contributed by atoms with E-state index < -0.39 is 11.6 Å². The Bertz CT molecular complexity index is 2450. The molecule has 0 bridgehead atoms. The fourth-order valence-electron chi connectivity index (χ4n) is 6.49. The van der Waals surface area contributed by atoms with Gasteiger partial charge in [0.25, 0.3) is 0 Å². The minimum absolute atomic E-state index is 0. The molecule has 49 heavy (non-hydrogen) atoms. The summed E-state index contributed by atoms with van der Waals surface area (Å²) in [5, 5.41) is 27.3. The molecule has 0 aliphatic carbocycles. The summed E-state index contributed by atoms with van der Waals surface area (Å²) in [6.45, 7) is 0. The molecule has 0 fully saturated rings. The number of rotatable bonds is 5. The van der Waals surface area contributed by atoms with Crippen molar-refractivity contribution in [2.75, 3.05) is 0 Å². The number of halogens is 2. The third-order valence-corrected chi connectivity index (χ3v) is 8.75. The third-order valence-electron chi connectivity index (χ3n) is 8.75. The molecule has 4 nitrogen and oxygen atoms in total. The van der Waals surface area contributed by atoms with Crippen molar-refractivity contribution in [1.82, 2.24) is 0 Å². The van der Waals surface area contributed by atoms with Gasteiger partial charge in [0, 0.05) is 64.9 Å². The van der Waals surface area contributed by atoms with E-state index in [4.69, 9.17) is 9.98 Å². The average molecular weight is 694 g/mol. The maximum absolute atomic E-state index is 15.1. The molecule has 0 aromatic heterocycles. The maximum Gasteiger partial charge on any atom is 0.131 e. The molecule has 0 spiro atoms. The minimum Gasteiger partial charge on any atom is -0.507 e. The first kappa shape index (κ1) is 31.8. The van der Waals surface area contributed by atoms with Crippen molar-refractivity contribution in [3.63, 3.8) is 0 Å². The van der Waals surface area contributed by atoms with E-state index in [0.29, 0.717) is 22.1 Å². The topological polar surface area (TPSA) is 65.2 Å². The third kappa shape index (κ3) is 5.62. The molecule has 0 saturated carbocycles. The van der Waals surface area contributed by atoms with Crippen molar-refractivity contribution in [1.29, 1.82) is 0 Å². The van der Waals surface area contributed by atoms with Crippen LogP contribution in [0.15, 0.2) is 143 Å². The largest absolute Gasteiger partial charge is 0.507 e. The summed E-state index contributed by atoms with van der Waals surface area (Å²) in [5.74, 6) is -1.09. The first-order valence-corrected chi connectivity index (χ1v) is 15.4. The number of fused-ring (bicyclic) bond motifs is 4. The van der Waals surface area contributed by atoms with Gasteiger partial charge in [-0.1, -0.05) is 97.1 Å². The van der Waals surface area contributed by atoms with Gasteiger partial charge >= 0.3 is 0 Å². The Morgan fingerprint density at radius 3 is 1.27 bits per heavy atom. The fourth-order valence-corrected chi connectivity index (χ4v) is 6.49. The van der Waals surface area contributed by atoms with Crippen LogP contribution in [0.4, 0.5) is 20.2 Å². The molecule has 8 aromatic carbocycles. The van der Waals surface area contributed by atoms with Crippen molar-refractivity contribution in [2.45, 2.75) is 0 Å². The van der Waals surface area contributed by atoms with E-state index in [-0.39, 0.29) is 52.9 Å². The van der Waals surface area contributed by atoms with Gasteiger partial charge in [0.05, 0.1) is 11.4 Å². The Labute approximate surface area is 293 Å². The molecule has 0 radical (unpaired) electrons. The zero-order chi connectivity index (χ0) is 32.8. The summed E-state index contributed by atoms with van der Waals surface area (Å²) in [5.41, 5.74) is 3.26. The zero-order valence-electron chi connectivity index (χ0n) is 26.1. The predicted octanol–water partition coefficient (Wildman–Crippen LogP) is 11.2. The van der Waals surface area contributed by atoms with Crippen LogP contribution in [0.25, 0.3) is 54.2 Å². The van der Waals surface area contributed by atoms with Gasteiger partial charge in [-0.2, -0.15) is 0 Å². The van der Waals surface area contributed by atoms with Gasteiger partial charge < -0.3 is 10.2 Å². The van der Waals surface area contributed by atoms with E-state index in [1.165, 1.54) is 36.7 Å². The Hall–Kier alpha value is -5.78. The van der Waals surface area contributed by atoms with Crippen LogP contribution in [0.2, 0.25) is 0 Å². The molecule has 0 aliphatic heterocycles. The van der Waals surface area contributed by atoms with Crippen molar-refractivity contribution in [2.24, 2.45) is 9.98 Å². The van der Waals surface area contributed by atoms with Gasteiger partial charge in [0.15, 0.2) is 0 Å². The molecule has 232 valence electrons. The number of benzene rings is 8.